The molecule has 5 heteroatoms. The van der Waals surface area contributed by atoms with Gasteiger partial charge in [-0.15, -0.1) is 0 Å². The molecule has 5 rings (SSSR count). The molecule has 0 atom stereocenters. The van der Waals surface area contributed by atoms with Crippen molar-refractivity contribution in [2.24, 2.45) is 0 Å². The van der Waals surface area contributed by atoms with Crippen LogP contribution in [0, 0.1) is 0 Å². The normalized spacial score (nSPS) is 10.9. The van der Waals surface area contributed by atoms with Crippen LogP contribution in [0.15, 0.2) is 121 Å². The molecule has 4 nitrogen and oxygen atoms in total. The van der Waals surface area contributed by atoms with Crippen LogP contribution in [-0.4, -0.2) is 15.9 Å². The van der Waals surface area contributed by atoms with E-state index >= 15 is 0 Å². The van der Waals surface area contributed by atoms with Crippen molar-refractivity contribution in [3.63, 3.8) is 0 Å². The zero-order valence-electron chi connectivity index (χ0n) is 17.8. The quantitative estimate of drug-likeness (QED) is 0.292. The second-order valence-corrected chi connectivity index (χ2v) is 8.63. The number of benzene rings is 3. The Morgan fingerprint density at radius 3 is 2.12 bits per heavy atom. The van der Waals surface area contributed by atoms with Crippen LogP contribution in [-0.2, 0) is 0 Å². The number of nitrogens with zero attached hydrogens (tertiary/aromatic N) is 2. The fourth-order valence-electron chi connectivity index (χ4n) is 3.71. The third-order valence-corrected chi connectivity index (χ3v) is 6.64. The van der Waals surface area contributed by atoms with Gasteiger partial charge in [0.05, 0.1) is 16.3 Å². The summed E-state index contributed by atoms with van der Waals surface area (Å²) in [4.78, 5) is 22.2. The number of carbonyl (C=O) groups excluding carboxylic acids is 1. The van der Waals surface area contributed by atoms with E-state index in [1.165, 1.54) is 0 Å². The minimum atomic E-state index is -0.186. The van der Waals surface area contributed by atoms with Gasteiger partial charge in [0.25, 0.3) is 5.91 Å². The molecule has 0 saturated carbocycles. The first-order valence-corrected chi connectivity index (χ1v) is 11.5. The smallest absolute Gasteiger partial charge is 0.258 e. The molecular formula is C28H21N3OS. The Kier molecular flexibility index (Phi) is 6.13. The average molecular weight is 448 g/mol. The van der Waals surface area contributed by atoms with E-state index in [1.54, 1.807) is 30.2 Å². The average Bonchev–Trinajstić information content (AvgIpc) is 2.88. The number of hydrogen-bond acceptors (Lipinski definition) is 4. The minimum Gasteiger partial charge on any atom is -0.322 e. The van der Waals surface area contributed by atoms with Gasteiger partial charge < -0.3 is 5.32 Å². The van der Waals surface area contributed by atoms with E-state index in [4.69, 9.17) is 0 Å². The van der Waals surface area contributed by atoms with Crippen molar-refractivity contribution in [1.82, 2.24) is 9.97 Å². The Hall–Kier alpha value is -3.96. The summed E-state index contributed by atoms with van der Waals surface area (Å²) in [6.07, 6.45) is 3.49. The van der Waals surface area contributed by atoms with Crippen molar-refractivity contribution in [2.75, 3.05) is 5.32 Å². The molecule has 0 saturated heterocycles. The highest BCUT2D eigenvalue weighted by Gasteiger charge is 2.21. The number of carbonyl (C=O) groups is 1. The summed E-state index contributed by atoms with van der Waals surface area (Å²) < 4.78 is 0. The zero-order valence-corrected chi connectivity index (χ0v) is 18.6. The van der Waals surface area contributed by atoms with Gasteiger partial charge in [0.1, 0.15) is 5.03 Å². The molecule has 0 aliphatic rings. The Balaban J connectivity index is 1.45. The number of nitrogens with one attached hydrogen (secondary N) is 1. The van der Waals surface area contributed by atoms with Gasteiger partial charge in [-0.2, -0.15) is 0 Å². The third-order valence-electron chi connectivity index (χ3n) is 5.31. The number of thioether (sulfide) groups is 1. The molecule has 2 aromatic heterocycles. The van der Waals surface area contributed by atoms with E-state index in [2.05, 4.69) is 39.6 Å². The van der Waals surface area contributed by atoms with Gasteiger partial charge in [0.2, 0.25) is 0 Å². The summed E-state index contributed by atoms with van der Waals surface area (Å²) in [6, 6.07) is 33.8. The maximum absolute atomic E-state index is 13.2. The van der Waals surface area contributed by atoms with Crippen LogP contribution in [0.5, 0.6) is 0 Å². The number of pyridine rings is 2. The van der Waals surface area contributed by atoms with Crippen LogP contribution in [0.2, 0.25) is 0 Å². The third kappa shape index (κ3) is 4.78. The van der Waals surface area contributed by atoms with Crippen molar-refractivity contribution < 1.29 is 4.79 Å². The number of anilines is 1. The Morgan fingerprint density at radius 2 is 1.39 bits per heavy atom. The predicted molar refractivity (Wildman–Crippen MR) is 135 cm³/mol. The molecule has 1 amide bonds. The molecule has 160 valence electrons. The van der Waals surface area contributed by atoms with Crippen LogP contribution in [0.1, 0.15) is 26.7 Å². The second-order valence-electron chi connectivity index (χ2n) is 7.54. The van der Waals surface area contributed by atoms with Gasteiger partial charge in [-0.1, -0.05) is 78.5 Å². The maximum atomic E-state index is 13.2. The van der Waals surface area contributed by atoms with E-state index in [-0.39, 0.29) is 11.2 Å². The van der Waals surface area contributed by atoms with Crippen molar-refractivity contribution in [3.05, 3.63) is 132 Å². The molecule has 0 spiro atoms. The second kappa shape index (κ2) is 9.67. The number of amides is 1. The Morgan fingerprint density at radius 1 is 0.727 bits per heavy atom. The fraction of sp³-hybridized carbons (Fsp3) is 0.0357. The van der Waals surface area contributed by atoms with Crippen LogP contribution in [0.25, 0.3) is 10.9 Å². The monoisotopic (exact) mass is 447 g/mol. The molecule has 0 bridgehead atoms. The van der Waals surface area contributed by atoms with Crippen LogP contribution < -0.4 is 5.32 Å². The van der Waals surface area contributed by atoms with E-state index in [1.807, 2.05) is 72.8 Å². The molecule has 33 heavy (non-hydrogen) atoms. The predicted octanol–water partition coefficient (Wildman–Crippen LogP) is 6.76. The van der Waals surface area contributed by atoms with Gasteiger partial charge >= 0.3 is 0 Å². The molecule has 0 aliphatic heterocycles. The van der Waals surface area contributed by atoms with E-state index in [0.29, 0.717) is 10.6 Å². The highest BCUT2D eigenvalue weighted by atomic mass is 32.2. The summed E-state index contributed by atoms with van der Waals surface area (Å²) in [5.74, 6) is -0.186. The van der Waals surface area contributed by atoms with Gasteiger partial charge in [-0.05, 0) is 47.5 Å². The molecule has 5 aromatic rings. The highest BCUT2D eigenvalue weighted by molar-refractivity contribution is 7.99. The van der Waals surface area contributed by atoms with Crippen molar-refractivity contribution in [3.8, 4) is 0 Å². The lowest BCUT2D eigenvalue weighted by molar-refractivity contribution is 0.102. The lowest BCUT2D eigenvalue weighted by Gasteiger charge is -2.18. The molecule has 2 heterocycles. The molecule has 0 aliphatic carbocycles. The molecular weight excluding hydrogens is 426 g/mol. The first kappa shape index (κ1) is 20.9. The SMILES string of the molecule is O=C(Nc1ccc2ncccc2c1)c1cccnc1SC(c1ccccc1)c1ccccc1. The first-order valence-electron chi connectivity index (χ1n) is 10.7. The molecule has 0 fully saturated rings. The largest absolute Gasteiger partial charge is 0.322 e. The molecule has 1 N–H and O–H groups in total. The highest BCUT2D eigenvalue weighted by Crippen LogP contribution is 2.40. The number of fused-ring (bicyclic) bond motifs is 1. The van der Waals surface area contributed by atoms with Crippen molar-refractivity contribution >= 4 is 34.3 Å². The standard InChI is InChI=1S/C28H21N3OS/c32-27(31-23-15-16-25-22(19-23)13-7-17-29-25)24-14-8-18-30-28(24)33-26(20-9-3-1-4-10-20)21-11-5-2-6-12-21/h1-19,26H,(H,31,32). The minimum absolute atomic E-state index is 0.0144. The summed E-state index contributed by atoms with van der Waals surface area (Å²) in [5.41, 5.74) is 4.48. The summed E-state index contributed by atoms with van der Waals surface area (Å²) >= 11 is 1.58. The molecule has 3 aromatic carbocycles. The lowest BCUT2D eigenvalue weighted by Crippen LogP contribution is -2.14. The molecule has 0 unspecified atom stereocenters. The van der Waals surface area contributed by atoms with E-state index in [9.17, 15) is 4.79 Å². The summed E-state index contributed by atoms with van der Waals surface area (Å²) in [6.45, 7) is 0. The zero-order chi connectivity index (χ0) is 22.5. The van der Waals surface area contributed by atoms with Gasteiger partial charge in [-0.3, -0.25) is 9.78 Å². The van der Waals surface area contributed by atoms with Crippen LogP contribution in [0.3, 0.4) is 0 Å². The number of aromatic nitrogens is 2. The number of rotatable bonds is 6. The van der Waals surface area contributed by atoms with Gasteiger partial charge in [0.15, 0.2) is 0 Å². The molecule has 0 radical (unpaired) electrons. The van der Waals surface area contributed by atoms with Crippen molar-refractivity contribution in [2.45, 2.75) is 10.3 Å². The number of hydrogen-bond donors (Lipinski definition) is 1. The van der Waals surface area contributed by atoms with Crippen LogP contribution in [0.4, 0.5) is 5.69 Å². The Bertz CT molecular complexity index is 1350. The fourth-order valence-corrected chi connectivity index (χ4v) is 4.92. The lowest BCUT2D eigenvalue weighted by atomic mass is 10.0. The van der Waals surface area contributed by atoms with Gasteiger partial charge in [0, 0.05) is 23.5 Å². The topological polar surface area (TPSA) is 54.9 Å². The van der Waals surface area contributed by atoms with Crippen molar-refractivity contribution in [1.29, 1.82) is 0 Å². The summed E-state index contributed by atoms with van der Waals surface area (Å²) in [5, 5.41) is 4.70. The maximum Gasteiger partial charge on any atom is 0.258 e. The van der Waals surface area contributed by atoms with Gasteiger partial charge in [-0.25, -0.2) is 4.98 Å². The van der Waals surface area contributed by atoms with E-state index in [0.717, 1.165) is 27.7 Å². The van der Waals surface area contributed by atoms with Crippen LogP contribution >= 0.6 is 11.8 Å². The first-order chi connectivity index (χ1) is 16.3. The van der Waals surface area contributed by atoms with E-state index < -0.39 is 0 Å². The summed E-state index contributed by atoms with van der Waals surface area (Å²) in [7, 11) is 0. The Labute approximate surface area is 196 Å².